The minimum absolute atomic E-state index is 0.178. The number of benzene rings is 1. The number of nitrogens with zero attached hydrogens (tertiary/aromatic N) is 1. The third-order valence-corrected chi connectivity index (χ3v) is 4.64. The molecule has 0 heterocycles. The second kappa shape index (κ2) is 8.18. The summed E-state index contributed by atoms with van der Waals surface area (Å²) in [5, 5.41) is 0. The molecule has 116 valence electrons. The van der Waals surface area contributed by atoms with Crippen LogP contribution < -0.4 is 5.73 Å². The first-order valence-corrected chi connectivity index (χ1v) is 8.24. The third kappa shape index (κ3) is 4.85. The van der Waals surface area contributed by atoms with Crippen LogP contribution in [0.5, 0.6) is 0 Å². The average Bonchev–Trinajstić information content (AvgIpc) is 2.47. The molecule has 1 saturated carbocycles. The number of carbonyl (C=O) groups excluding carboxylic acids is 1. The summed E-state index contributed by atoms with van der Waals surface area (Å²) < 4.78 is 0. The second-order valence-corrected chi connectivity index (χ2v) is 6.22. The van der Waals surface area contributed by atoms with Gasteiger partial charge in [0.25, 0.3) is 0 Å². The zero-order valence-electron chi connectivity index (χ0n) is 13.1. The lowest BCUT2D eigenvalue weighted by Gasteiger charge is -2.30. The van der Waals surface area contributed by atoms with Crippen LogP contribution in [0.3, 0.4) is 0 Å². The standard InChI is InChI=1S/C18H28N2O/c1-20(16-12-8-3-2-4-9-13-16)18(21)14-17(19)15-10-6-5-7-11-15/h5-7,10-11,16-17H,2-4,8-9,12-14,19H2,1H3. The van der Waals surface area contributed by atoms with E-state index in [9.17, 15) is 4.79 Å². The molecule has 1 aromatic rings. The summed E-state index contributed by atoms with van der Waals surface area (Å²) in [7, 11) is 1.95. The molecular weight excluding hydrogens is 260 g/mol. The van der Waals surface area contributed by atoms with Gasteiger partial charge in [-0.2, -0.15) is 0 Å². The van der Waals surface area contributed by atoms with Gasteiger partial charge in [-0.3, -0.25) is 4.79 Å². The molecular formula is C18H28N2O. The van der Waals surface area contributed by atoms with Gasteiger partial charge in [0.15, 0.2) is 0 Å². The van der Waals surface area contributed by atoms with Gasteiger partial charge in [0, 0.05) is 25.6 Å². The Bertz CT molecular complexity index is 424. The van der Waals surface area contributed by atoms with Crippen molar-refractivity contribution in [2.24, 2.45) is 5.73 Å². The Labute approximate surface area is 128 Å². The van der Waals surface area contributed by atoms with Crippen molar-refractivity contribution >= 4 is 5.91 Å². The monoisotopic (exact) mass is 288 g/mol. The van der Waals surface area contributed by atoms with E-state index in [1.807, 2.05) is 42.3 Å². The number of amides is 1. The highest BCUT2D eigenvalue weighted by atomic mass is 16.2. The summed E-state index contributed by atoms with van der Waals surface area (Å²) in [5.74, 6) is 0.178. The molecule has 0 aromatic heterocycles. The molecule has 1 fully saturated rings. The predicted molar refractivity (Wildman–Crippen MR) is 86.9 cm³/mol. The Hall–Kier alpha value is -1.35. The van der Waals surface area contributed by atoms with Crippen molar-refractivity contribution in [2.75, 3.05) is 7.05 Å². The van der Waals surface area contributed by atoms with E-state index >= 15 is 0 Å². The van der Waals surface area contributed by atoms with E-state index in [-0.39, 0.29) is 11.9 Å². The summed E-state index contributed by atoms with van der Waals surface area (Å²) in [6.07, 6.45) is 9.13. The first-order valence-electron chi connectivity index (χ1n) is 8.24. The summed E-state index contributed by atoms with van der Waals surface area (Å²) in [6.45, 7) is 0. The molecule has 0 bridgehead atoms. The van der Waals surface area contributed by atoms with Gasteiger partial charge in [0.05, 0.1) is 0 Å². The molecule has 0 saturated heterocycles. The smallest absolute Gasteiger partial charge is 0.224 e. The first-order chi connectivity index (χ1) is 10.2. The van der Waals surface area contributed by atoms with Crippen LogP contribution in [0.25, 0.3) is 0 Å². The van der Waals surface area contributed by atoms with Gasteiger partial charge in [0.1, 0.15) is 0 Å². The zero-order chi connectivity index (χ0) is 15.1. The lowest BCUT2D eigenvalue weighted by Crippen LogP contribution is -2.38. The summed E-state index contributed by atoms with van der Waals surface area (Å²) in [6, 6.07) is 10.1. The Morgan fingerprint density at radius 1 is 1.14 bits per heavy atom. The summed E-state index contributed by atoms with van der Waals surface area (Å²) in [4.78, 5) is 14.4. The average molecular weight is 288 g/mol. The van der Waals surface area contributed by atoms with Crippen molar-refractivity contribution < 1.29 is 4.79 Å². The van der Waals surface area contributed by atoms with Crippen LogP contribution in [0, 0.1) is 0 Å². The molecule has 1 atom stereocenters. The SMILES string of the molecule is CN(C(=O)CC(N)c1ccccc1)C1CCCCCCC1. The van der Waals surface area contributed by atoms with Crippen LogP contribution in [-0.2, 0) is 4.79 Å². The molecule has 2 rings (SSSR count). The Balaban J connectivity index is 1.89. The van der Waals surface area contributed by atoms with Gasteiger partial charge in [-0.05, 0) is 18.4 Å². The molecule has 21 heavy (non-hydrogen) atoms. The highest BCUT2D eigenvalue weighted by molar-refractivity contribution is 5.77. The van der Waals surface area contributed by atoms with Gasteiger partial charge in [-0.1, -0.05) is 62.4 Å². The van der Waals surface area contributed by atoms with Crippen LogP contribution in [-0.4, -0.2) is 23.9 Å². The van der Waals surface area contributed by atoms with Crippen molar-refractivity contribution in [1.82, 2.24) is 4.90 Å². The number of carbonyl (C=O) groups is 1. The van der Waals surface area contributed by atoms with Crippen LogP contribution in [0.15, 0.2) is 30.3 Å². The highest BCUT2D eigenvalue weighted by Crippen LogP contribution is 2.22. The maximum Gasteiger partial charge on any atom is 0.224 e. The van der Waals surface area contributed by atoms with Gasteiger partial charge < -0.3 is 10.6 Å². The normalized spacial score (nSPS) is 18.6. The fourth-order valence-corrected chi connectivity index (χ4v) is 3.18. The molecule has 3 nitrogen and oxygen atoms in total. The zero-order valence-corrected chi connectivity index (χ0v) is 13.1. The number of hydrogen-bond donors (Lipinski definition) is 1. The third-order valence-electron chi connectivity index (χ3n) is 4.64. The van der Waals surface area contributed by atoms with E-state index in [1.54, 1.807) is 0 Å². The Morgan fingerprint density at radius 2 is 1.71 bits per heavy atom. The molecule has 0 spiro atoms. The van der Waals surface area contributed by atoms with E-state index in [2.05, 4.69) is 0 Å². The Kier molecular flexibility index (Phi) is 6.24. The minimum atomic E-state index is -0.199. The fourth-order valence-electron chi connectivity index (χ4n) is 3.18. The molecule has 3 heteroatoms. The molecule has 1 aliphatic carbocycles. The quantitative estimate of drug-likeness (QED) is 0.919. The molecule has 1 amide bonds. The number of rotatable bonds is 4. The van der Waals surface area contributed by atoms with E-state index in [4.69, 9.17) is 5.73 Å². The molecule has 1 aromatic carbocycles. The first kappa shape index (κ1) is 16.0. The maximum atomic E-state index is 12.5. The van der Waals surface area contributed by atoms with Crippen LogP contribution in [0.1, 0.15) is 63.0 Å². The van der Waals surface area contributed by atoms with Crippen LogP contribution in [0.2, 0.25) is 0 Å². The summed E-state index contributed by atoms with van der Waals surface area (Å²) >= 11 is 0. The van der Waals surface area contributed by atoms with E-state index < -0.39 is 0 Å². The van der Waals surface area contributed by atoms with Gasteiger partial charge in [0.2, 0.25) is 5.91 Å². The van der Waals surface area contributed by atoms with Crippen molar-refractivity contribution in [3.8, 4) is 0 Å². The second-order valence-electron chi connectivity index (χ2n) is 6.22. The highest BCUT2D eigenvalue weighted by Gasteiger charge is 2.22. The summed E-state index contributed by atoms with van der Waals surface area (Å²) in [5.41, 5.74) is 7.21. The minimum Gasteiger partial charge on any atom is -0.343 e. The fraction of sp³-hybridized carbons (Fsp3) is 0.611. The molecule has 1 aliphatic rings. The number of hydrogen-bond acceptors (Lipinski definition) is 2. The molecule has 0 radical (unpaired) electrons. The molecule has 0 aliphatic heterocycles. The lowest BCUT2D eigenvalue weighted by atomic mass is 9.95. The van der Waals surface area contributed by atoms with Crippen molar-refractivity contribution in [3.63, 3.8) is 0 Å². The van der Waals surface area contributed by atoms with Crippen molar-refractivity contribution in [1.29, 1.82) is 0 Å². The van der Waals surface area contributed by atoms with Gasteiger partial charge >= 0.3 is 0 Å². The molecule has 2 N–H and O–H groups in total. The maximum absolute atomic E-state index is 12.5. The predicted octanol–water partition coefficient (Wildman–Crippen LogP) is 3.65. The Morgan fingerprint density at radius 3 is 2.33 bits per heavy atom. The largest absolute Gasteiger partial charge is 0.343 e. The van der Waals surface area contributed by atoms with E-state index in [1.165, 1.54) is 32.1 Å². The molecule has 1 unspecified atom stereocenters. The van der Waals surface area contributed by atoms with Crippen LogP contribution in [0.4, 0.5) is 0 Å². The van der Waals surface area contributed by atoms with Gasteiger partial charge in [-0.15, -0.1) is 0 Å². The van der Waals surface area contributed by atoms with E-state index in [0.29, 0.717) is 12.5 Å². The van der Waals surface area contributed by atoms with Crippen LogP contribution >= 0.6 is 0 Å². The van der Waals surface area contributed by atoms with E-state index in [0.717, 1.165) is 18.4 Å². The number of nitrogens with two attached hydrogens (primary N) is 1. The van der Waals surface area contributed by atoms with Crippen molar-refractivity contribution in [2.45, 2.75) is 63.5 Å². The van der Waals surface area contributed by atoms with Gasteiger partial charge in [-0.25, -0.2) is 0 Å². The van der Waals surface area contributed by atoms with Crippen molar-refractivity contribution in [3.05, 3.63) is 35.9 Å². The topological polar surface area (TPSA) is 46.3 Å². The lowest BCUT2D eigenvalue weighted by molar-refractivity contribution is -0.132.